The zero-order valence-corrected chi connectivity index (χ0v) is 13.8. The lowest BCUT2D eigenvalue weighted by Gasteiger charge is -2.27. The van der Waals surface area contributed by atoms with Crippen molar-refractivity contribution < 1.29 is 0 Å². The molecule has 0 amide bonds. The zero-order valence-electron chi connectivity index (χ0n) is 11.4. The van der Waals surface area contributed by atoms with Crippen molar-refractivity contribution >= 4 is 33.0 Å². The van der Waals surface area contributed by atoms with E-state index in [1.807, 2.05) is 0 Å². The van der Waals surface area contributed by atoms with Crippen LogP contribution in [0.3, 0.4) is 0 Å². The summed E-state index contributed by atoms with van der Waals surface area (Å²) in [6.07, 6.45) is 3.55. The van der Waals surface area contributed by atoms with Gasteiger partial charge in [0, 0.05) is 22.7 Å². The van der Waals surface area contributed by atoms with Crippen LogP contribution in [0, 0.1) is 0 Å². The Hall–Kier alpha value is -0.840. The van der Waals surface area contributed by atoms with Gasteiger partial charge < -0.3 is 10.6 Å². The molecule has 3 rings (SSSR count). The van der Waals surface area contributed by atoms with Crippen molar-refractivity contribution in [2.24, 2.45) is 5.73 Å². The summed E-state index contributed by atoms with van der Waals surface area (Å²) in [6, 6.07) is 9.48. The Morgan fingerprint density at radius 3 is 2.80 bits per heavy atom. The SMILES string of the molecule is NCCc1ccc(Br)cc1N(Cc1ccsc1)C1CC1. The molecule has 106 valence electrons. The quantitative estimate of drug-likeness (QED) is 0.846. The van der Waals surface area contributed by atoms with E-state index < -0.39 is 0 Å². The van der Waals surface area contributed by atoms with Gasteiger partial charge in [0.2, 0.25) is 0 Å². The lowest BCUT2D eigenvalue weighted by Crippen LogP contribution is -2.26. The van der Waals surface area contributed by atoms with E-state index in [2.05, 4.69) is 55.9 Å². The maximum Gasteiger partial charge on any atom is 0.0440 e. The summed E-state index contributed by atoms with van der Waals surface area (Å²) in [6.45, 7) is 1.70. The Bertz CT molecular complexity index is 564. The number of thiophene rings is 1. The van der Waals surface area contributed by atoms with E-state index in [-0.39, 0.29) is 0 Å². The smallest absolute Gasteiger partial charge is 0.0440 e. The van der Waals surface area contributed by atoms with Crippen LogP contribution in [0.15, 0.2) is 39.5 Å². The molecule has 0 aliphatic heterocycles. The van der Waals surface area contributed by atoms with Crippen LogP contribution >= 0.6 is 27.3 Å². The monoisotopic (exact) mass is 350 g/mol. The van der Waals surface area contributed by atoms with Crippen molar-refractivity contribution in [2.45, 2.75) is 31.8 Å². The minimum Gasteiger partial charge on any atom is -0.364 e. The standard InChI is InChI=1S/C16H19BrN2S/c17-14-2-1-13(5-7-18)16(9-14)19(15-3-4-15)10-12-6-8-20-11-12/h1-2,6,8-9,11,15H,3-5,7,10,18H2. The minimum atomic E-state index is 0.695. The number of nitrogens with two attached hydrogens (primary N) is 1. The Morgan fingerprint density at radius 2 is 2.15 bits per heavy atom. The third kappa shape index (κ3) is 3.25. The van der Waals surface area contributed by atoms with Crippen molar-refractivity contribution in [1.82, 2.24) is 0 Å². The number of anilines is 1. The fourth-order valence-electron chi connectivity index (χ4n) is 2.55. The van der Waals surface area contributed by atoms with Crippen molar-refractivity contribution in [1.29, 1.82) is 0 Å². The van der Waals surface area contributed by atoms with E-state index >= 15 is 0 Å². The van der Waals surface area contributed by atoms with Gasteiger partial charge in [-0.3, -0.25) is 0 Å². The van der Waals surface area contributed by atoms with Gasteiger partial charge in [-0.05, 0) is 65.9 Å². The van der Waals surface area contributed by atoms with E-state index in [0.29, 0.717) is 12.6 Å². The molecule has 0 spiro atoms. The Labute approximate surface area is 132 Å². The molecule has 0 saturated heterocycles. The zero-order chi connectivity index (χ0) is 13.9. The topological polar surface area (TPSA) is 29.3 Å². The van der Waals surface area contributed by atoms with Gasteiger partial charge in [0.1, 0.15) is 0 Å². The van der Waals surface area contributed by atoms with Crippen molar-refractivity contribution in [2.75, 3.05) is 11.4 Å². The number of hydrogen-bond donors (Lipinski definition) is 1. The molecule has 1 aromatic carbocycles. The fourth-order valence-corrected chi connectivity index (χ4v) is 3.56. The fraction of sp³-hybridized carbons (Fsp3) is 0.375. The number of benzene rings is 1. The van der Waals surface area contributed by atoms with Crippen molar-refractivity contribution in [3.63, 3.8) is 0 Å². The van der Waals surface area contributed by atoms with Gasteiger partial charge in [-0.15, -0.1) is 0 Å². The molecule has 0 bridgehead atoms. The van der Waals surface area contributed by atoms with Gasteiger partial charge >= 0.3 is 0 Å². The van der Waals surface area contributed by atoms with Crippen LogP contribution in [0.1, 0.15) is 24.0 Å². The molecule has 1 aromatic heterocycles. The molecular formula is C16H19BrN2S. The highest BCUT2D eigenvalue weighted by Gasteiger charge is 2.30. The van der Waals surface area contributed by atoms with Crippen molar-refractivity contribution in [3.05, 3.63) is 50.6 Å². The molecule has 1 fully saturated rings. The molecule has 0 atom stereocenters. The normalized spacial score (nSPS) is 14.5. The molecule has 1 aliphatic carbocycles. The van der Waals surface area contributed by atoms with Gasteiger partial charge in [0.05, 0.1) is 0 Å². The summed E-state index contributed by atoms with van der Waals surface area (Å²) in [7, 11) is 0. The first-order valence-electron chi connectivity index (χ1n) is 7.04. The van der Waals surface area contributed by atoms with E-state index in [4.69, 9.17) is 5.73 Å². The van der Waals surface area contributed by atoms with Crippen LogP contribution in [0.5, 0.6) is 0 Å². The predicted molar refractivity (Wildman–Crippen MR) is 90.4 cm³/mol. The maximum atomic E-state index is 5.77. The summed E-state index contributed by atoms with van der Waals surface area (Å²) in [4.78, 5) is 2.55. The second-order valence-electron chi connectivity index (χ2n) is 5.30. The third-order valence-corrected chi connectivity index (χ3v) is 4.92. The van der Waals surface area contributed by atoms with E-state index in [1.54, 1.807) is 11.3 Å². The van der Waals surface area contributed by atoms with Crippen LogP contribution < -0.4 is 10.6 Å². The average Bonchev–Trinajstić information content (AvgIpc) is 3.15. The number of nitrogens with zero attached hydrogens (tertiary/aromatic N) is 1. The molecular weight excluding hydrogens is 332 g/mol. The van der Waals surface area contributed by atoms with Gasteiger partial charge in [-0.25, -0.2) is 0 Å². The second kappa shape index (κ2) is 6.29. The predicted octanol–water partition coefficient (Wildman–Crippen LogP) is 4.18. The van der Waals surface area contributed by atoms with Crippen LogP contribution in [-0.2, 0) is 13.0 Å². The molecule has 2 aromatic rings. The summed E-state index contributed by atoms with van der Waals surface area (Å²) >= 11 is 5.38. The van der Waals surface area contributed by atoms with Gasteiger partial charge in [0.25, 0.3) is 0 Å². The summed E-state index contributed by atoms with van der Waals surface area (Å²) in [5, 5.41) is 4.40. The Balaban J connectivity index is 1.92. The molecule has 1 saturated carbocycles. The molecule has 0 radical (unpaired) electrons. The van der Waals surface area contributed by atoms with E-state index in [9.17, 15) is 0 Å². The lowest BCUT2D eigenvalue weighted by atomic mass is 10.1. The highest BCUT2D eigenvalue weighted by atomic mass is 79.9. The largest absolute Gasteiger partial charge is 0.364 e. The molecule has 2 nitrogen and oxygen atoms in total. The van der Waals surface area contributed by atoms with Crippen LogP contribution in [-0.4, -0.2) is 12.6 Å². The number of hydrogen-bond acceptors (Lipinski definition) is 3. The first kappa shape index (κ1) is 14.1. The highest BCUT2D eigenvalue weighted by molar-refractivity contribution is 9.10. The van der Waals surface area contributed by atoms with E-state index in [0.717, 1.165) is 17.4 Å². The molecule has 0 unspecified atom stereocenters. The summed E-state index contributed by atoms with van der Waals surface area (Å²) in [5.74, 6) is 0. The second-order valence-corrected chi connectivity index (χ2v) is 7.00. The number of rotatable bonds is 6. The van der Waals surface area contributed by atoms with Gasteiger partial charge in [-0.2, -0.15) is 11.3 Å². The third-order valence-electron chi connectivity index (χ3n) is 3.69. The molecule has 2 N–H and O–H groups in total. The van der Waals surface area contributed by atoms with Gasteiger partial charge in [-0.1, -0.05) is 22.0 Å². The molecule has 4 heteroatoms. The lowest BCUT2D eigenvalue weighted by molar-refractivity contribution is 0.786. The van der Waals surface area contributed by atoms with Crippen LogP contribution in [0.4, 0.5) is 5.69 Å². The summed E-state index contributed by atoms with van der Waals surface area (Å²) in [5.41, 5.74) is 9.88. The first-order valence-corrected chi connectivity index (χ1v) is 8.77. The average molecular weight is 351 g/mol. The number of halogens is 1. The van der Waals surface area contributed by atoms with Gasteiger partial charge in [0.15, 0.2) is 0 Å². The molecule has 20 heavy (non-hydrogen) atoms. The Morgan fingerprint density at radius 1 is 1.30 bits per heavy atom. The maximum absolute atomic E-state index is 5.77. The van der Waals surface area contributed by atoms with Crippen LogP contribution in [0.25, 0.3) is 0 Å². The van der Waals surface area contributed by atoms with Crippen LogP contribution in [0.2, 0.25) is 0 Å². The molecule has 1 heterocycles. The van der Waals surface area contributed by atoms with E-state index in [1.165, 1.54) is 29.7 Å². The minimum absolute atomic E-state index is 0.695. The van der Waals surface area contributed by atoms with Crippen molar-refractivity contribution in [3.8, 4) is 0 Å². The first-order chi connectivity index (χ1) is 9.78. The summed E-state index contributed by atoms with van der Waals surface area (Å²) < 4.78 is 1.14. The highest BCUT2D eigenvalue weighted by Crippen LogP contribution is 2.36. The Kier molecular flexibility index (Phi) is 4.44. The molecule has 1 aliphatic rings.